The first kappa shape index (κ1) is 13.5. The van der Waals surface area contributed by atoms with Gasteiger partial charge in [-0.05, 0) is 31.6 Å². The van der Waals surface area contributed by atoms with E-state index in [1.165, 1.54) is 12.8 Å². The summed E-state index contributed by atoms with van der Waals surface area (Å²) in [6, 6.07) is 0. The van der Waals surface area contributed by atoms with Crippen LogP contribution in [0.3, 0.4) is 0 Å². The number of allylic oxidation sites excluding steroid dienone is 1. The fourth-order valence-corrected chi connectivity index (χ4v) is 2.70. The van der Waals surface area contributed by atoms with Gasteiger partial charge in [0.25, 0.3) is 0 Å². The normalized spacial score (nSPS) is 24.6. The molecule has 1 aliphatic carbocycles. The highest BCUT2D eigenvalue weighted by atomic mass is 35.5. The third-order valence-electron chi connectivity index (χ3n) is 3.52. The number of methoxy groups -OCH3 is 1. The zero-order valence-corrected chi connectivity index (χ0v) is 11.4. The largest absolute Gasteiger partial charge is 0.380 e. The number of nitrogens with zero attached hydrogens (tertiary/aromatic N) is 2. The van der Waals surface area contributed by atoms with Gasteiger partial charge in [0.05, 0.1) is 6.61 Å². The molecular weight excluding hydrogens is 248 g/mol. The number of aromatic nitrogens is 2. The third-order valence-corrected chi connectivity index (χ3v) is 3.66. The molecule has 0 spiro atoms. The number of rotatable bonds is 4. The Bertz CT molecular complexity index is 383. The minimum absolute atomic E-state index is 0.501. The molecule has 0 atom stereocenters. The van der Waals surface area contributed by atoms with Crippen molar-refractivity contribution in [2.24, 2.45) is 5.92 Å². The molecule has 98 valence electrons. The summed E-state index contributed by atoms with van der Waals surface area (Å²) in [5, 5.41) is 0. The molecule has 0 bridgehead atoms. The molecule has 18 heavy (non-hydrogen) atoms. The van der Waals surface area contributed by atoms with Gasteiger partial charge in [0.1, 0.15) is 5.82 Å². The number of hydrogen-bond acceptors (Lipinski definition) is 3. The lowest BCUT2D eigenvalue weighted by atomic mass is 9.82. The van der Waals surface area contributed by atoms with Crippen molar-refractivity contribution in [2.75, 3.05) is 7.11 Å². The highest BCUT2D eigenvalue weighted by Crippen LogP contribution is 2.34. The average Bonchev–Trinajstić information content (AvgIpc) is 2.41. The average molecular weight is 267 g/mol. The van der Waals surface area contributed by atoms with Crippen molar-refractivity contribution in [3.63, 3.8) is 0 Å². The van der Waals surface area contributed by atoms with E-state index in [1.807, 2.05) is 12.4 Å². The van der Waals surface area contributed by atoms with E-state index in [-0.39, 0.29) is 0 Å². The van der Waals surface area contributed by atoms with Crippen molar-refractivity contribution in [1.29, 1.82) is 0 Å². The maximum absolute atomic E-state index is 5.62. The first-order valence-corrected chi connectivity index (χ1v) is 6.83. The molecular formula is C14H19ClN2O. The summed E-state index contributed by atoms with van der Waals surface area (Å²) in [4.78, 5) is 8.91. The van der Waals surface area contributed by atoms with Gasteiger partial charge in [0.2, 0.25) is 0 Å². The molecule has 1 fully saturated rings. The van der Waals surface area contributed by atoms with Gasteiger partial charge < -0.3 is 4.74 Å². The predicted molar refractivity (Wildman–Crippen MR) is 72.4 cm³/mol. The lowest BCUT2D eigenvalue weighted by molar-refractivity contribution is 0.184. The van der Waals surface area contributed by atoms with E-state index in [0.717, 1.165) is 24.2 Å². The van der Waals surface area contributed by atoms with E-state index in [0.29, 0.717) is 18.4 Å². The van der Waals surface area contributed by atoms with Crippen LogP contribution in [0.4, 0.5) is 0 Å². The van der Waals surface area contributed by atoms with Gasteiger partial charge in [0, 0.05) is 36.5 Å². The summed E-state index contributed by atoms with van der Waals surface area (Å²) < 4.78 is 5.05. The first-order chi connectivity index (χ1) is 8.83. The van der Waals surface area contributed by atoms with Gasteiger partial charge in [-0.15, -0.1) is 0 Å². The van der Waals surface area contributed by atoms with Crippen molar-refractivity contribution in [2.45, 2.75) is 38.2 Å². The highest BCUT2D eigenvalue weighted by Gasteiger charge is 2.22. The van der Waals surface area contributed by atoms with Crippen LogP contribution < -0.4 is 0 Å². The van der Waals surface area contributed by atoms with Crippen LogP contribution in [0.15, 0.2) is 24.0 Å². The molecule has 0 amide bonds. The summed E-state index contributed by atoms with van der Waals surface area (Å²) in [6.07, 6.45) is 10.5. The Hall–Kier alpha value is -0.930. The molecule has 0 saturated heterocycles. The monoisotopic (exact) mass is 266 g/mol. The van der Waals surface area contributed by atoms with E-state index in [4.69, 9.17) is 16.3 Å². The topological polar surface area (TPSA) is 35.0 Å². The Morgan fingerprint density at radius 3 is 2.50 bits per heavy atom. The standard InChI is InChI=1S/C14H19ClN2O/c1-18-10-12-8-16-14(17-9-12)13-4-2-11(3-5-13)6-7-15/h6-9,11,13H,2-5,10H2,1H3. The van der Waals surface area contributed by atoms with Gasteiger partial charge >= 0.3 is 0 Å². The molecule has 3 nitrogen and oxygen atoms in total. The Labute approximate surface area is 113 Å². The van der Waals surface area contributed by atoms with E-state index >= 15 is 0 Å². The van der Waals surface area contributed by atoms with Crippen molar-refractivity contribution in [1.82, 2.24) is 9.97 Å². The quantitative estimate of drug-likeness (QED) is 0.834. The number of halogens is 1. The summed E-state index contributed by atoms with van der Waals surface area (Å²) in [5.41, 5.74) is 2.67. The second kappa shape index (κ2) is 6.86. The molecule has 0 N–H and O–H groups in total. The molecule has 1 aromatic heterocycles. The molecule has 4 heteroatoms. The SMILES string of the molecule is COCc1cnc(C2CCC(C=CCl)CC2)nc1. The molecule has 2 rings (SSSR count). The van der Waals surface area contributed by atoms with Gasteiger partial charge in [-0.3, -0.25) is 0 Å². The van der Waals surface area contributed by atoms with Crippen LogP contribution in [0.25, 0.3) is 0 Å². The molecule has 0 aliphatic heterocycles. The van der Waals surface area contributed by atoms with Crippen molar-refractivity contribution in [3.8, 4) is 0 Å². The van der Waals surface area contributed by atoms with E-state index in [2.05, 4.69) is 16.0 Å². The van der Waals surface area contributed by atoms with Gasteiger partial charge in [0.15, 0.2) is 0 Å². The zero-order valence-electron chi connectivity index (χ0n) is 10.7. The molecule has 1 heterocycles. The third kappa shape index (κ3) is 3.53. The van der Waals surface area contributed by atoms with Crippen LogP contribution in [-0.2, 0) is 11.3 Å². The predicted octanol–water partition coefficient (Wildman–Crippen LogP) is 3.65. The van der Waals surface area contributed by atoms with E-state index in [9.17, 15) is 0 Å². The Balaban J connectivity index is 1.92. The summed E-state index contributed by atoms with van der Waals surface area (Å²) >= 11 is 5.62. The Morgan fingerprint density at radius 2 is 1.94 bits per heavy atom. The van der Waals surface area contributed by atoms with Crippen LogP contribution in [0.1, 0.15) is 43.0 Å². The minimum atomic E-state index is 0.501. The zero-order chi connectivity index (χ0) is 12.8. The van der Waals surface area contributed by atoms with E-state index in [1.54, 1.807) is 12.6 Å². The molecule has 0 radical (unpaired) electrons. The maximum atomic E-state index is 5.62. The molecule has 1 aromatic rings. The Kier molecular flexibility index (Phi) is 5.14. The maximum Gasteiger partial charge on any atom is 0.131 e. The highest BCUT2D eigenvalue weighted by molar-refractivity contribution is 6.25. The second-order valence-corrected chi connectivity index (χ2v) is 5.06. The molecule has 1 aliphatic rings. The molecule has 0 unspecified atom stereocenters. The van der Waals surface area contributed by atoms with E-state index < -0.39 is 0 Å². The summed E-state index contributed by atoms with van der Waals surface area (Å²) in [5.74, 6) is 2.11. The van der Waals surface area contributed by atoms with Crippen LogP contribution in [0.2, 0.25) is 0 Å². The molecule has 1 saturated carbocycles. The van der Waals surface area contributed by atoms with Crippen LogP contribution in [-0.4, -0.2) is 17.1 Å². The lowest BCUT2D eigenvalue weighted by Crippen LogP contribution is -2.14. The first-order valence-electron chi connectivity index (χ1n) is 6.40. The van der Waals surface area contributed by atoms with Gasteiger partial charge in [-0.1, -0.05) is 17.7 Å². The lowest BCUT2D eigenvalue weighted by Gasteiger charge is -2.25. The number of hydrogen-bond donors (Lipinski definition) is 0. The minimum Gasteiger partial charge on any atom is -0.380 e. The second-order valence-electron chi connectivity index (χ2n) is 4.81. The van der Waals surface area contributed by atoms with Crippen LogP contribution >= 0.6 is 11.6 Å². The summed E-state index contributed by atoms with van der Waals surface area (Å²) in [6.45, 7) is 0.577. The fraction of sp³-hybridized carbons (Fsp3) is 0.571. The fourth-order valence-electron chi connectivity index (χ4n) is 2.49. The smallest absolute Gasteiger partial charge is 0.131 e. The van der Waals surface area contributed by atoms with Crippen molar-refractivity contribution in [3.05, 3.63) is 35.4 Å². The summed E-state index contributed by atoms with van der Waals surface area (Å²) in [7, 11) is 1.68. The van der Waals surface area contributed by atoms with Crippen LogP contribution in [0, 0.1) is 5.92 Å². The number of ether oxygens (including phenoxy) is 1. The molecule has 0 aromatic carbocycles. The van der Waals surface area contributed by atoms with Crippen molar-refractivity contribution >= 4 is 11.6 Å². The Morgan fingerprint density at radius 1 is 1.28 bits per heavy atom. The van der Waals surface area contributed by atoms with Gasteiger partial charge in [-0.2, -0.15) is 0 Å². The van der Waals surface area contributed by atoms with Gasteiger partial charge in [-0.25, -0.2) is 9.97 Å². The van der Waals surface area contributed by atoms with Crippen LogP contribution in [0.5, 0.6) is 0 Å². The van der Waals surface area contributed by atoms with Crippen molar-refractivity contribution < 1.29 is 4.74 Å².